The van der Waals surface area contributed by atoms with E-state index in [0.29, 0.717) is 25.2 Å². The van der Waals surface area contributed by atoms with Gasteiger partial charge < -0.3 is 20.0 Å². The van der Waals surface area contributed by atoms with Gasteiger partial charge in [0, 0.05) is 42.0 Å². The van der Waals surface area contributed by atoms with Gasteiger partial charge >= 0.3 is 0 Å². The molecule has 0 spiro atoms. The molecule has 5 rings (SSSR count). The molecule has 2 aliphatic rings. The summed E-state index contributed by atoms with van der Waals surface area (Å²) >= 11 is 0. The normalized spacial score (nSPS) is 14.1. The maximum atomic E-state index is 13.1. The van der Waals surface area contributed by atoms with E-state index < -0.39 is 0 Å². The number of hydrogen-bond acceptors (Lipinski definition) is 9. The second-order valence-corrected chi connectivity index (χ2v) is 10.6. The lowest BCUT2D eigenvalue weighted by Crippen LogP contribution is -2.06. The number of carbonyl (C=O) groups excluding carboxylic acids is 1. The molecule has 10 heteroatoms. The standard InChI is InChI=1S/C16H17FN2O.C13H19N.C4H8O.C2H6.CH2O.H4N2O/c1-10-9-20-16-14(10)8-13(6-7-18)19-15(16)11-2-4-12(17)5-3-11;1-5-6-12(4)14-13-8-7-10(2)9-11(13)3;1-5-4-2-3-4;2*1-2;1-3-2/h2-5,8,10H,6-7,9,18H2,1H3;7-9H,5-6H2,1-4H3;4H,2-3H2,1H3;1-2H3;1H2;1-2H2. The Morgan fingerprint density at radius 1 is 1.09 bits per heavy atom. The minimum absolute atomic E-state index is 0.252. The highest BCUT2D eigenvalue weighted by molar-refractivity contribution is 5.84. The van der Waals surface area contributed by atoms with Crippen LogP contribution in [0.15, 0.2) is 53.5 Å². The number of benzene rings is 2. The van der Waals surface area contributed by atoms with E-state index in [2.05, 4.69) is 85.6 Å². The summed E-state index contributed by atoms with van der Waals surface area (Å²) in [6, 6.07) is 14.8. The van der Waals surface area contributed by atoms with Crippen LogP contribution in [0.4, 0.5) is 10.1 Å². The first-order valence-corrected chi connectivity index (χ1v) is 15.8. The highest BCUT2D eigenvalue weighted by Crippen LogP contribution is 2.41. The molecule has 1 aromatic heterocycles. The van der Waals surface area contributed by atoms with Crippen LogP contribution in [-0.2, 0) is 20.9 Å². The number of methoxy groups -OCH3 is 1. The fourth-order valence-corrected chi connectivity index (χ4v) is 4.36. The van der Waals surface area contributed by atoms with Gasteiger partial charge in [-0.25, -0.2) is 14.3 Å². The zero-order chi connectivity index (χ0) is 35.1. The first-order valence-electron chi connectivity index (χ1n) is 15.8. The number of aromatic nitrogens is 1. The van der Waals surface area contributed by atoms with Crippen LogP contribution in [0.2, 0.25) is 0 Å². The number of nitrogens with two attached hydrogens (primary N) is 3. The van der Waals surface area contributed by atoms with Crippen molar-refractivity contribution in [2.75, 3.05) is 20.3 Å². The summed E-state index contributed by atoms with van der Waals surface area (Å²) in [5.74, 6) is 9.17. The lowest BCUT2D eigenvalue weighted by Gasteiger charge is -2.10. The second kappa shape index (κ2) is 24.7. The van der Waals surface area contributed by atoms with Crippen molar-refractivity contribution in [1.29, 1.82) is 0 Å². The number of ether oxygens (including phenoxy) is 2. The van der Waals surface area contributed by atoms with Crippen LogP contribution in [-0.4, -0.2) is 43.9 Å². The number of hydrogen-bond donors (Lipinski definition) is 3. The fourth-order valence-electron chi connectivity index (χ4n) is 4.36. The van der Waals surface area contributed by atoms with Crippen LogP contribution < -0.4 is 22.3 Å². The molecule has 256 valence electrons. The van der Waals surface area contributed by atoms with Gasteiger partial charge in [-0.3, -0.25) is 4.99 Å². The lowest BCUT2D eigenvalue weighted by molar-refractivity contribution is -0.0980. The lowest BCUT2D eigenvalue weighted by atomic mass is 9.99. The molecule has 2 aromatic carbocycles. The Labute approximate surface area is 275 Å². The van der Waals surface area contributed by atoms with E-state index in [-0.39, 0.29) is 5.82 Å². The largest absolute Gasteiger partial charge is 0.490 e. The first kappa shape index (κ1) is 42.5. The molecule has 9 nitrogen and oxygen atoms in total. The van der Waals surface area contributed by atoms with Crippen molar-refractivity contribution in [3.05, 3.63) is 76.7 Å². The molecule has 1 fully saturated rings. The van der Waals surface area contributed by atoms with Crippen molar-refractivity contribution < 1.29 is 23.6 Å². The molecule has 0 saturated heterocycles. The van der Waals surface area contributed by atoms with Gasteiger partial charge in [-0.2, -0.15) is 11.8 Å². The third-order valence-corrected chi connectivity index (χ3v) is 6.71. The molecule has 3 aromatic rings. The van der Waals surface area contributed by atoms with E-state index in [4.69, 9.17) is 20.0 Å². The summed E-state index contributed by atoms with van der Waals surface area (Å²) < 4.78 is 23.7. The Hall–Kier alpha value is -3.54. The van der Waals surface area contributed by atoms with Crippen LogP contribution in [0.25, 0.3) is 11.3 Å². The quantitative estimate of drug-likeness (QED) is 0.178. The summed E-state index contributed by atoms with van der Waals surface area (Å²) in [4.78, 5) is 20.5. The average molecular weight is 642 g/mol. The molecule has 0 amide bonds. The third-order valence-electron chi connectivity index (χ3n) is 6.71. The Kier molecular flexibility index (Phi) is 22.8. The van der Waals surface area contributed by atoms with E-state index in [1.165, 1.54) is 53.8 Å². The summed E-state index contributed by atoms with van der Waals surface area (Å²) in [6.07, 6.45) is 6.20. The zero-order valence-corrected chi connectivity index (χ0v) is 29.1. The molecule has 0 radical (unpaired) electrons. The summed E-state index contributed by atoms with van der Waals surface area (Å²) in [5, 5.41) is 0. The van der Waals surface area contributed by atoms with Gasteiger partial charge in [0.2, 0.25) is 0 Å². The van der Waals surface area contributed by atoms with E-state index in [1.54, 1.807) is 19.2 Å². The topological polar surface area (TPSA) is 148 Å². The van der Waals surface area contributed by atoms with Gasteiger partial charge in [-0.1, -0.05) is 51.8 Å². The first-order chi connectivity index (χ1) is 22.2. The van der Waals surface area contributed by atoms with Crippen LogP contribution >= 0.6 is 0 Å². The smallest absolute Gasteiger partial charge is 0.149 e. The van der Waals surface area contributed by atoms with Crippen LogP contribution in [0, 0.1) is 19.7 Å². The van der Waals surface area contributed by atoms with Gasteiger partial charge in [-0.05, 0) is 88.5 Å². The molecule has 6 N–H and O–H groups in total. The van der Waals surface area contributed by atoms with Crippen molar-refractivity contribution in [3.8, 4) is 17.0 Å². The molecular formula is C36H56FN5O4. The number of fused-ring (bicyclic) bond motifs is 1. The maximum Gasteiger partial charge on any atom is 0.149 e. The fraction of sp³-hybridized carbons (Fsp3) is 0.472. The van der Waals surface area contributed by atoms with E-state index in [0.717, 1.165) is 41.2 Å². The molecule has 1 unspecified atom stereocenters. The molecule has 46 heavy (non-hydrogen) atoms. The molecule has 1 aliphatic carbocycles. The van der Waals surface area contributed by atoms with E-state index >= 15 is 0 Å². The van der Waals surface area contributed by atoms with Gasteiger partial charge in [0.05, 0.1) is 18.4 Å². The third kappa shape index (κ3) is 15.6. The van der Waals surface area contributed by atoms with Crippen molar-refractivity contribution in [1.82, 2.24) is 4.98 Å². The molecule has 0 bridgehead atoms. The number of pyridine rings is 1. The summed E-state index contributed by atoms with van der Waals surface area (Å²) in [5.41, 5.74) is 14.3. The predicted octanol–water partition coefficient (Wildman–Crippen LogP) is 7.47. The number of nitrogens with zero attached hydrogens (tertiary/aromatic N) is 2. The minimum atomic E-state index is -0.252. The van der Waals surface area contributed by atoms with Crippen LogP contribution in [0.1, 0.15) is 88.6 Å². The Morgan fingerprint density at radius 3 is 2.17 bits per heavy atom. The summed E-state index contributed by atoms with van der Waals surface area (Å²) in [7, 11) is 1.76. The Bertz CT molecular complexity index is 1280. The van der Waals surface area contributed by atoms with Gasteiger partial charge in [-0.15, -0.1) is 0 Å². The van der Waals surface area contributed by atoms with E-state index in [9.17, 15) is 4.39 Å². The van der Waals surface area contributed by atoms with E-state index in [1.807, 2.05) is 20.6 Å². The Morgan fingerprint density at radius 2 is 1.70 bits per heavy atom. The second-order valence-electron chi connectivity index (χ2n) is 10.6. The number of rotatable bonds is 7. The molecule has 1 aliphatic heterocycles. The SMILES string of the molecule is C=O.CC.CC1COc2c1cc(CCN)nc2-c1ccc(F)cc1.CCCC(C)=Nc1ccc(C)cc1C.COC1CC1.NON. The zero-order valence-electron chi connectivity index (χ0n) is 29.1. The van der Waals surface area contributed by atoms with Gasteiger partial charge in [0.1, 0.15) is 24.0 Å². The van der Waals surface area contributed by atoms with Crippen molar-refractivity contribution in [3.63, 3.8) is 0 Å². The maximum absolute atomic E-state index is 13.1. The molecule has 2 heterocycles. The van der Waals surface area contributed by atoms with Crippen LogP contribution in [0.5, 0.6) is 5.75 Å². The predicted molar refractivity (Wildman–Crippen MR) is 188 cm³/mol. The van der Waals surface area contributed by atoms with Crippen molar-refractivity contribution in [2.24, 2.45) is 22.5 Å². The number of aryl methyl sites for hydroxylation is 2. The minimum Gasteiger partial charge on any atom is -0.490 e. The average Bonchev–Trinajstić information content (AvgIpc) is 3.83. The molecule has 1 saturated carbocycles. The van der Waals surface area contributed by atoms with Crippen LogP contribution in [0.3, 0.4) is 0 Å². The van der Waals surface area contributed by atoms with Gasteiger partial charge in [0.25, 0.3) is 0 Å². The van der Waals surface area contributed by atoms with Crippen molar-refractivity contribution >= 4 is 18.2 Å². The highest BCUT2D eigenvalue weighted by Gasteiger charge is 2.25. The Balaban J connectivity index is 0.000000674. The van der Waals surface area contributed by atoms with Crippen molar-refractivity contribution in [2.45, 2.75) is 92.6 Å². The van der Waals surface area contributed by atoms with Gasteiger partial charge in [0.15, 0.2) is 0 Å². The number of carbonyl (C=O) groups is 1. The molecular weight excluding hydrogens is 585 g/mol. The number of aliphatic imine (C=N–C) groups is 1. The summed E-state index contributed by atoms with van der Waals surface area (Å²) in [6.45, 7) is 17.9. The monoisotopic (exact) mass is 641 g/mol. The highest BCUT2D eigenvalue weighted by atomic mass is 19.1. The molecule has 1 atom stereocenters. The number of halogens is 1.